The highest BCUT2D eigenvalue weighted by Gasteiger charge is 2.02. The maximum Gasteiger partial charge on any atom is 0.335 e. The average Bonchev–Trinajstić information content (AvgIpc) is 2.61. The highest BCUT2D eigenvalue weighted by molar-refractivity contribution is 6.30. The Kier molecular flexibility index (Phi) is 5.08. The lowest BCUT2D eigenvalue weighted by Crippen LogP contribution is -2.31. The summed E-state index contributed by atoms with van der Waals surface area (Å²) in [6.07, 6.45) is 1.56. The molecular weight excluding hydrogens is 322 g/mol. The molecule has 0 aliphatic carbocycles. The molecule has 3 aromatic carbocycles. The largest absolute Gasteiger partial charge is 0.335 e. The molecule has 0 spiro atoms. The van der Waals surface area contributed by atoms with Crippen LogP contribution in [-0.4, -0.2) is 12.2 Å². The zero-order chi connectivity index (χ0) is 16.8. The number of urea groups is 1. The standard InChI is InChI=1S/C19H16ClN3O/c20-17-10-8-14(9-11-17)12-22-23-19(24)21-13-16-6-3-5-15-4-1-2-7-18(15)16/h1-12H,13H2,(H2,21,23,24)/b22-12-. The Labute approximate surface area is 145 Å². The van der Waals surface area contributed by atoms with Crippen LogP contribution in [-0.2, 0) is 6.54 Å². The van der Waals surface area contributed by atoms with Gasteiger partial charge >= 0.3 is 6.03 Å². The molecule has 0 aliphatic heterocycles. The third-order valence-corrected chi connectivity index (χ3v) is 3.82. The predicted octanol–water partition coefficient (Wildman–Crippen LogP) is 4.33. The first-order valence-electron chi connectivity index (χ1n) is 7.51. The summed E-state index contributed by atoms with van der Waals surface area (Å²) < 4.78 is 0. The van der Waals surface area contributed by atoms with Crippen molar-refractivity contribution in [2.75, 3.05) is 0 Å². The van der Waals surface area contributed by atoms with Gasteiger partial charge in [-0.2, -0.15) is 5.10 Å². The van der Waals surface area contributed by atoms with Gasteiger partial charge in [0.15, 0.2) is 0 Å². The minimum atomic E-state index is -0.354. The molecule has 0 fully saturated rings. The van der Waals surface area contributed by atoms with Crippen LogP contribution in [0.15, 0.2) is 71.8 Å². The van der Waals surface area contributed by atoms with E-state index in [2.05, 4.69) is 28.0 Å². The summed E-state index contributed by atoms with van der Waals surface area (Å²) in [6, 6.07) is 20.9. The smallest absolute Gasteiger partial charge is 0.333 e. The third kappa shape index (κ3) is 4.12. The van der Waals surface area contributed by atoms with Crippen molar-refractivity contribution >= 4 is 34.6 Å². The lowest BCUT2D eigenvalue weighted by atomic mass is 10.0. The monoisotopic (exact) mass is 337 g/mol. The van der Waals surface area contributed by atoms with Gasteiger partial charge in [-0.15, -0.1) is 0 Å². The number of hydrogen-bond acceptors (Lipinski definition) is 2. The first-order valence-corrected chi connectivity index (χ1v) is 7.89. The van der Waals surface area contributed by atoms with Crippen LogP contribution in [0.2, 0.25) is 5.02 Å². The highest BCUT2D eigenvalue weighted by atomic mass is 35.5. The van der Waals surface area contributed by atoms with Crippen LogP contribution < -0.4 is 10.7 Å². The first-order chi connectivity index (χ1) is 11.7. The molecule has 24 heavy (non-hydrogen) atoms. The van der Waals surface area contributed by atoms with Crippen LogP contribution in [0, 0.1) is 0 Å². The van der Waals surface area contributed by atoms with Gasteiger partial charge in [-0.25, -0.2) is 10.2 Å². The van der Waals surface area contributed by atoms with Crippen molar-refractivity contribution in [2.45, 2.75) is 6.54 Å². The molecule has 3 aromatic rings. The average molecular weight is 338 g/mol. The zero-order valence-electron chi connectivity index (χ0n) is 12.9. The summed E-state index contributed by atoms with van der Waals surface area (Å²) in [5, 5.41) is 9.66. The van der Waals surface area contributed by atoms with Crippen LogP contribution in [0.5, 0.6) is 0 Å². The predicted molar refractivity (Wildman–Crippen MR) is 98.4 cm³/mol. The topological polar surface area (TPSA) is 53.5 Å². The Hall–Kier alpha value is -2.85. The lowest BCUT2D eigenvalue weighted by Gasteiger charge is -2.07. The second-order valence-corrected chi connectivity index (χ2v) is 5.68. The van der Waals surface area contributed by atoms with E-state index >= 15 is 0 Å². The van der Waals surface area contributed by atoms with Crippen LogP contribution in [0.1, 0.15) is 11.1 Å². The Morgan fingerprint density at radius 2 is 1.75 bits per heavy atom. The van der Waals surface area contributed by atoms with Crippen molar-refractivity contribution in [3.63, 3.8) is 0 Å². The van der Waals surface area contributed by atoms with E-state index in [1.165, 1.54) is 0 Å². The molecule has 0 saturated carbocycles. The molecule has 0 unspecified atom stereocenters. The number of carbonyl (C=O) groups excluding carboxylic acids is 1. The van der Waals surface area contributed by atoms with Gasteiger partial charge in [-0.05, 0) is 34.0 Å². The van der Waals surface area contributed by atoms with Crippen molar-refractivity contribution in [2.24, 2.45) is 5.10 Å². The number of fused-ring (bicyclic) bond motifs is 1. The number of benzene rings is 3. The highest BCUT2D eigenvalue weighted by Crippen LogP contribution is 2.18. The van der Waals surface area contributed by atoms with E-state index in [-0.39, 0.29) is 6.03 Å². The molecule has 0 atom stereocenters. The van der Waals surface area contributed by atoms with Gasteiger partial charge in [0.05, 0.1) is 6.21 Å². The van der Waals surface area contributed by atoms with Gasteiger partial charge in [-0.3, -0.25) is 0 Å². The third-order valence-electron chi connectivity index (χ3n) is 3.57. The number of amides is 2. The molecule has 2 amide bonds. The second kappa shape index (κ2) is 7.62. The molecule has 0 radical (unpaired) electrons. The summed E-state index contributed by atoms with van der Waals surface area (Å²) in [4.78, 5) is 11.8. The summed E-state index contributed by atoms with van der Waals surface area (Å²) >= 11 is 5.81. The Bertz CT molecular complexity index is 870. The van der Waals surface area contributed by atoms with Gasteiger partial charge < -0.3 is 5.32 Å². The van der Waals surface area contributed by atoms with E-state index in [0.29, 0.717) is 11.6 Å². The molecule has 3 rings (SSSR count). The molecule has 0 saturated heterocycles. The Morgan fingerprint density at radius 3 is 2.58 bits per heavy atom. The molecule has 2 N–H and O–H groups in total. The van der Waals surface area contributed by atoms with Crippen LogP contribution >= 0.6 is 11.6 Å². The molecule has 5 heteroatoms. The fourth-order valence-electron chi connectivity index (χ4n) is 2.38. The quantitative estimate of drug-likeness (QED) is 0.540. The van der Waals surface area contributed by atoms with Crippen molar-refractivity contribution in [3.8, 4) is 0 Å². The zero-order valence-corrected chi connectivity index (χ0v) is 13.6. The number of rotatable bonds is 4. The normalized spacial score (nSPS) is 10.9. The number of carbonyl (C=O) groups is 1. The molecular formula is C19H16ClN3O. The maximum atomic E-state index is 11.8. The van der Waals surface area contributed by atoms with Gasteiger partial charge in [0.25, 0.3) is 0 Å². The van der Waals surface area contributed by atoms with Crippen molar-refractivity contribution in [1.29, 1.82) is 0 Å². The van der Waals surface area contributed by atoms with Crippen LogP contribution in [0.25, 0.3) is 10.8 Å². The minimum absolute atomic E-state index is 0.354. The number of nitrogens with one attached hydrogen (secondary N) is 2. The van der Waals surface area contributed by atoms with Gasteiger partial charge in [0, 0.05) is 11.6 Å². The summed E-state index contributed by atoms with van der Waals surface area (Å²) in [7, 11) is 0. The van der Waals surface area contributed by atoms with E-state index in [0.717, 1.165) is 21.9 Å². The Balaban J connectivity index is 1.56. The molecule has 0 aliphatic rings. The number of hydrogen-bond donors (Lipinski definition) is 2. The second-order valence-electron chi connectivity index (χ2n) is 5.24. The van der Waals surface area contributed by atoms with E-state index in [1.807, 2.05) is 42.5 Å². The SMILES string of the molecule is O=C(NCc1cccc2ccccc12)N/N=C\c1ccc(Cl)cc1. The molecule has 120 valence electrons. The van der Waals surface area contributed by atoms with Crippen molar-refractivity contribution in [3.05, 3.63) is 82.9 Å². The first kappa shape index (κ1) is 16.0. The summed E-state index contributed by atoms with van der Waals surface area (Å²) in [5.74, 6) is 0. The minimum Gasteiger partial charge on any atom is -0.333 e. The van der Waals surface area contributed by atoms with Crippen LogP contribution in [0.3, 0.4) is 0 Å². The number of nitrogens with zero attached hydrogens (tertiary/aromatic N) is 1. The molecule has 0 bridgehead atoms. The molecule has 0 heterocycles. The molecule has 4 nitrogen and oxygen atoms in total. The fraction of sp³-hybridized carbons (Fsp3) is 0.0526. The number of halogens is 1. The van der Waals surface area contributed by atoms with Crippen LogP contribution in [0.4, 0.5) is 4.79 Å². The summed E-state index contributed by atoms with van der Waals surface area (Å²) in [6.45, 7) is 0.434. The van der Waals surface area contributed by atoms with E-state index in [1.54, 1.807) is 18.3 Å². The fourth-order valence-corrected chi connectivity index (χ4v) is 2.50. The summed E-state index contributed by atoms with van der Waals surface area (Å²) in [5.41, 5.74) is 4.37. The maximum absolute atomic E-state index is 11.8. The van der Waals surface area contributed by atoms with Gasteiger partial charge in [-0.1, -0.05) is 66.2 Å². The van der Waals surface area contributed by atoms with E-state index < -0.39 is 0 Å². The van der Waals surface area contributed by atoms with E-state index in [9.17, 15) is 4.79 Å². The van der Waals surface area contributed by atoms with Gasteiger partial charge in [0.2, 0.25) is 0 Å². The lowest BCUT2D eigenvalue weighted by molar-refractivity contribution is 0.241. The van der Waals surface area contributed by atoms with E-state index in [4.69, 9.17) is 11.6 Å². The Morgan fingerprint density at radius 1 is 1.00 bits per heavy atom. The van der Waals surface area contributed by atoms with Gasteiger partial charge in [0.1, 0.15) is 0 Å². The molecule has 0 aromatic heterocycles. The van der Waals surface area contributed by atoms with Crippen molar-refractivity contribution in [1.82, 2.24) is 10.7 Å². The van der Waals surface area contributed by atoms with Crippen molar-refractivity contribution < 1.29 is 4.79 Å². The number of hydrazone groups is 1.